The first-order valence-corrected chi connectivity index (χ1v) is 15.5. The van der Waals surface area contributed by atoms with Crippen LogP contribution in [0.3, 0.4) is 0 Å². The lowest BCUT2D eigenvalue weighted by Gasteiger charge is -2.28. The molecule has 4 N–H and O–H groups in total. The number of amides is 2. The number of nitrogens with two attached hydrogens (primary N) is 1. The lowest BCUT2D eigenvalue weighted by atomic mass is 9.95. The number of carbonyl (C=O) groups excluding carboxylic acids is 2. The van der Waals surface area contributed by atoms with Crippen LogP contribution < -0.4 is 10.6 Å². The summed E-state index contributed by atoms with van der Waals surface area (Å²) in [7, 11) is 0. The summed E-state index contributed by atoms with van der Waals surface area (Å²) >= 11 is 13.3. The van der Waals surface area contributed by atoms with E-state index in [0.29, 0.717) is 59.3 Å². The summed E-state index contributed by atoms with van der Waals surface area (Å²) in [4.78, 5) is 43.2. The number of ether oxygens (including phenoxy) is 2. The zero-order valence-electron chi connectivity index (χ0n) is 23.9. The molecule has 0 aliphatic carbocycles. The normalized spacial score (nSPS) is 12.1. The fourth-order valence-electron chi connectivity index (χ4n) is 4.69. The Kier molecular flexibility index (Phi) is 13.4. The highest BCUT2D eigenvalue weighted by Crippen LogP contribution is 2.34. The number of aromatic amines is 1. The third kappa shape index (κ3) is 9.60. The molecule has 1 atom stereocenters. The van der Waals surface area contributed by atoms with Crippen molar-refractivity contribution in [2.45, 2.75) is 39.0 Å². The van der Waals surface area contributed by atoms with Crippen LogP contribution in [0.5, 0.6) is 5.75 Å². The average molecular weight is 642 g/mol. The fraction of sp³-hybridized carbons (Fsp3) is 0.483. The summed E-state index contributed by atoms with van der Waals surface area (Å²) in [6, 6.07) is 8.66. The molecule has 0 fully saturated rings. The number of hydrogen-bond acceptors (Lipinski definition) is 8. The molecule has 0 bridgehead atoms. The van der Waals surface area contributed by atoms with Crippen LogP contribution in [-0.2, 0) is 20.7 Å². The number of likely N-dealkylation sites (N-methyl/N-ethyl adjacent to an activating group) is 1. The lowest BCUT2D eigenvalue weighted by molar-refractivity contribution is -0.132. The maximum absolute atomic E-state index is 13.3. The number of phenols is 1. The van der Waals surface area contributed by atoms with Crippen LogP contribution in [0.2, 0.25) is 10.0 Å². The molecule has 0 aliphatic rings. The van der Waals surface area contributed by atoms with E-state index in [9.17, 15) is 19.5 Å². The Morgan fingerprint density at radius 2 is 1.86 bits per heavy atom. The SMILES string of the molecule is CCN(CC)CCN(CCC(COC(N)=O)c1ccc(O)c2[nH]c(=O)sc12)C(=O)CCOCCc1cccc(Cl)c1Cl. The zero-order chi connectivity index (χ0) is 30.6. The molecule has 230 valence electrons. The molecule has 0 saturated heterocycles. The summed E-state index contributed by atoms with van der Waals surface area (Å²) in [5.74, 6) is -0.468. The van der Waals surface area contributed by atoms with Gasteiger partial charge >= 0.3 is 11.0 Å². The zero-order valence-corrected chi connectivity index (χ0v) is 26.2. The number of fused-ring (bicyclic) bond motifs is 1. The lowest BCUT2D eigenvalue weighted by Crippen LogP contribution is -2.40. The number of halogens is 2. The Morgan fingerprint density at radius 1 is 1.10 bits per heavy atom. The number of phenolic OH excluding ortho intramolecular Hbond substituents is 1. The number of nitrogens with zero attached hydrogens (tertiary/aromatic N) is 2. The Hall–Kier alpha value is -2.83. The second kappa shape index (κ2) is 16.7. The number of carbonyl (C=O) groups is 2. The van der Waals surface area contributed by atoms with E-state index in [2.05, 4.69) is 23.7 Å². The van der Waals surface area contributed by atoms with Gasteiger partial charge in [0.1, 0.15) is 17.9 Å². The van der Waals surface area contributed by atoms with E-state index in [4.69, 9.17) is 38.4 Å². The van der Waals surface area contributed by atoms with Crippen LogP contribution >= 0.6 is 34.5 Å². The first-order valence-electron chi connectivity index (χ1n) is 13.9. The fourth-order valence-corrected chi connectivity index (χ4v) is 6.05. The molecular formula is C29H38Cl2N4O6S. The van der Waals surface area contributed by atoms with Gasteiger partial charge in [-0.1, -0.05) is 66.6 Å². The molecule has 1 unspecified atom stereocenters. The first-order chi connectivity index (χ1) is 20.1. The molecule has 2 aromatic carbocycles. The van der Waals surface area contributed by atoms with Gasteiger partial charge in [-0.25, -0.2) is 4.79 Å². The van der Waals surface area contributed by atoms with E-state index in [1.54, 1.807) is 17.0 Å². The highest BCUT2D eigenvalue weighted by Gasteiger charge is 2.23. The van der Waals surface area contributed by atoms with Crippen molar-refractivity contribution in [2.24, 2.45) is 5.73 Å². The molecule has 10 nitrogen and oxygen atoms in total. The van der Waals surface area contributed by atoms with Crippen LogP contribution in [0.4, 0.5) is 4.79 Å². The van der Waals surface area contributed by atoms with Gasteiger partial charge in [-0.2, -0.15) is 0 Å². The van der Waals surface area contributed by atoms with Crippen molar-refractivity contribution in [1.82, 2.24) is 14.8 Å². The third-order valence-corrected chi connectivity index (χ3v) is 8.93. The molecule has 3 rings (SSSR count). The number of H-pyrrole nitrogens is 1. The van der Waals surface area contributed by atoms with E-state index >= 15 is 0 Å². The van der Waals surface area contributed by atoms with Gasteiger partial charge in [0, 0.05) is 25.6 Å². The van der Waals surface area contributed by atoms with Crippen LogP contribution in [0, 0.1) is 0 Å². The topological polar surface area (TPSA) is 138 Å². The minimum atomic E-state index is -0.914. The van der Waals surface area contributed by atoms with Crippen molar-refractivity contribution in [3.63, 3.8) is 0 Å². The maximum Gasteiger partial charge on any atom is 0.404 e. The van der Waals surface area contributed by atoms with Gasteiger partial charge in [0.2, 0.25) is 5.91 Å². The largest absolute Gasteiger partial charge is 0.506 e. The molecule has 1 aromatic heterocycles. The number of primary amides is 1. The smallest absolute Gasteiger partial charge is 0.404 e. The minimum Gasteiger partial charge on any atom is -0.506 e. The van der Waals surface area contributed by atoms with Gasteiger partial charge in [0.15, 0.2) is 0 Å². The van der Waals surface area contributed by atoms with E-state index in [1.807, 2.05) is 12.1 Å². The summed E-state index contributed by atoms with van der Waals surface area (Å²) in [6.45, 7) is 8.10. The van der Waals surface area contributed by atoms with Crippen molar-refractivity contribution >= 4 is 56.8 Å². The van der Waals surface area contributed by atoms with Crippen LogP contribution in [0.25, 0.3) is 10.2 Å². The van der Waals surface area contributed by atoms with Gasteiger partial charge < -0.3 is 35.1 Å². The highest BCUT2D eigenvalue weighted by molar-refractivity contribution is 7.16. The summed E-state index contributed by atoms with van der Waals surface area (Å²) < 4.78 is 11.5. The number of rotatable bonds is 17. The van der Waals surface area contributed by atoms with Gasteiger partial charge in [0.25, 0.3) is 0 Å². The second-order valence-corrected chi connectivity index (χ2v) is 11.5. The predicted molar refractivity (Wildman–Crippen MR) is 167 cm³/mol. The Bertz CT molecular complexity index is 1390. The number of thiazole rings is 1. The van der Waals surface area contributed by atoms with Crippen molar-refractivity contribution in [2.75, 3.05) is 52.5 Å². The predicted octanol–water partition coefficient (Wildman–Crippen LogP) is 4.99. The number of benzene rings is 2. The van der Waals surface area contributed by atoms with Gasteiger partial charge in [0.05, 0.1) is 34.4 Å². The van der Waals surface area contributed by atoms with Crippen molar-refractivity contribution in [1.29, 1.82) is 0 Å². The molecule has 1 heterocycles. The maximum atomic E-state index is 13.3. The molecule has 0 radical (unpaired) electrons. The second-order valence-electron chi connectivity index (χ2n) is 9.74. The van der Waals surface area contributed by atoms with E-state index in [1.165, 1.54) is 6.07 Å². The number of hydrogen-bond donors (Lipinski definition) is 3. The average Bonchev–Trinajstić information content (AvgIpc) is 3.37. The van der Waals surface area contributed by atoms with Crippen molar-refractivity contribution < 1.29 is 24.2 Å². The van der Waals surface area contributed by atoms with Crippen molar-refractivity contribution in [3.8, 4) is 5.75 Å². The molecule has 3 aromatic rings. The number of aromatic hydroxyl groups is 1. The van der Waals surface area contributed by atoms with Gasteiger partial charge in [-0.05, 0) is 49.2 Å². The molecular weight excluding hydrogens is 603 g/mol. The summed E-state index contributed by atoms with van der Waals surface area (Å²) in [5, 5.41) is 11.2. The highest BCUT2D eigenvalue weighted by atomic mass is 35.5. The molecule has 13 heteroatoms. The minimum absolute atomic E-state index is 0.0332. The van der Waals surface area contributed by atoms with Gasteiger partial charge in [-0.15, -0.1) is 0 Å². The van der Waals surface area contributed by atoms with Gasteiger partial charge in [-0.3, -0.25) is 9.59 Å². The molecule has 2 amide bonds. The quantitative estimate of drug-likeness (QED) is 0.177. The standard InChI is InChI=1S/C29H38Cl2N4O6S/c1-3-34(4-2)14-15-35(24(37)12-17-40-16-11-19-6-5-7-22(30)25(19)31)13-10-20(18-41-28(32)38)21-8-9-23(36)26-27(21)42-29(39)33-26/h5-9,20,36H,3-4,10-18H2,1-2H3,(H2,32,38)(H,33,39). The third-order valence-electron chi connectivity index (χ3n) is 7.14. The first kappa shape index (κ1) is 33.7. The summed E-state index contributed by atoms with van der Waals surface area (Å²) in [6.07, 6.45) is 0.306. The molecule has 0 saturated carbocycles. The van der Waals surface area contributed by atoms with Crippen LogP contribution in [0.15, 0.2) is 35.1 Å². The van der Waals surface area contributed by atoms with Crippen LogP contribution in [0.1, 0.15) is 43.7 Å². The Morgan fingerprint density at radius 3 is 2.57 bits per heavy atom. The number of nitrogens with one attached hydrogen (secondary N) is 1. The summed E-state index contributed by atoms with van der Waals surface area (Å²) in [5.41, 5.74) is 7.20. The molecule has 0 spiro atoms. The van der Waals surface area contributed by atoms with Crippen molar-refractivity contribution in [3.05, 3.63) is 61.2 Å². The van der Waals surface area contributed by atoms with Crippen LogP contribution in [-0.4, -0.2) is 84.4 Å². The monoisotopic (exact) mass is 640 g/mol. The van der Waals surface area contributed by atoms with E-state index in [0.717, 1.165) is 35.6 Å². The molecule has 42 heavy (non-hydrogen) atoms. The molecule has 0 aliphatic heterocycles. The Balaban J connectivity index is 1.68. The van der Waals surface area contributed by atoms with E-state index < -0.39 is 6.09 Å². The Labute approximate surface area is 259 Å². The van der Waals surface area contributed by atoms with E-state index in [-0.39, 0.29) is 42.1 Å². The number of aromatic nitrogens is 1.